The van der Waals surface area contributed by atoms with Gasteiger partial charge in [-0.1, -0.05) is 19.1 Å². The fourth-order valence-electron chi connectivity index (χ4n) is 1.62. The fraction of sp³-hybridized carbons (Fsp3) is 0.375. The van der Waals surface area contributed by atoms with E-state index in [0.29, 0.717) is 6.54 Å². The molecule has 0 aliphatic heterocycles. The maximum atomic E-state index is 5.48. The monoisotopic (exact) mass is 272 g/mol. The highest BCUT2D eigenvalue weighted by molar-refractivity contribution is 5.11. The number of nitrogens with two attached hydrogens (primary N) is 1. The minimum absolute atomic E-state index is 0.666. The van der Waals surface area contributed by atoms with Gasteiger partial charge >= 0.3 is 0 Å². The van der Waals surface area contributed by atoms with Crippen molar-refractivity contribution in [1.29, 1.82) is 0 Å². The summed E-state index contributed by atoms with van der Waals surface area (Å²) in [6.07, 6.45) is 5.52. The van der Waals surface area contributed by atoms with Gasteiger partial charge in [-0.3, -0.25) is 9.97 Å². The first-order valence-corrected chi connectivity index (χ1v) is 7.07. The van der Waals surface area contributed by atoms with Gasteiger partial charge in [-0.15, -0.1) is 0 Å². The van der Waals surface area contributed by atoms with Crippen molar-refractivity contribution in [2.24, 2.45) is 5.73 Å². The topological polar surface area (TPSA) is 63.8 Å². The van der Waals surface area contributed by atoms with E-state index in [1.807, 2.05) is 36.4 Å². The first-order chi connectivity index (χ1) is 9.86. The van der Waals surface area contributed by atoms with Crippen molar-refractivity contribution in [3.05, 3.63) is 60.2 Å². The van der Waals surface area contributed by atoms with Crippen LogP contribution in [0.3, 0.4) is 0 Å². The predicted octanol–water partition coefficient (Wildman–Crippen LogP) is 2.16. The average molecular weight is 272 g/mol. The molecule has 2 rings (SSSR count). The van der Waals surface area contributed by atoms with Crippen molar-refractivity contribution in [3.63, 3.8) is 0 Å². The van der Waals surface area contributed by atoms with E-state index in [1.165, 1.54) is 0 Å². The molecule has 3 N–H and O–H groups in total. The van der Waals surface area contributed by atoms with Crippen LogP contribution in [-0.2, 0) is 13.0 Å². The number of nitrogens with one attached hydrogen (secondary N) is 1. The third-order valence-corrected chi connectivity index (χ3v) is 2.56. The van der Waals surface area contributed by atoms with Gasteiger partial charge in [0.15, 0.2) is 0 Å². The van der Waals surface area contributed by atoms with Crippen LogP contribution in [0, 0.1) is 0 Å². The predicted molar refractivity (Wildman–Crippen MR) is 83.2 cm³/mol. The van der Waals surface area contributed by atoms with Crippen LogP contribution in [0.25, 0.3) is 0 Å². The smallest absolute Gasteiger partial charge is 0.0544 e. The van der Waals surface area contributed by atoms with Gasteiger partial charge in [0, 0.05) is 31.1 Å². The van der Waals surface area contributed by atoms with E-state index in [2.05, 4.69) is 22.2 Å². The lowest BCUT2D eigenvalue weighted by Gasteiger charge is -2.04. The number of hydrogen-bond donors (Lipinski definition) is 2. The molecule has 2 aromatic heterocycles. The fourth-order valence-corrected chi connectivity index (χ4v) is 1.62. The summed E-state index contributed by atoms with van der Waals surface area (Å²) >= 11 is 0. The Morgan fingerprint density at radius 2 is 1.80 bits per heavy atom. The molecule has 0 fully saturated rings. The van der Waals surface area contributed by atoms with Crippen LogP contribution >= 0.6 is 0 Å². The molecular formula is C16H24N4. The van der Waals surface area contributed by atoms with Gasteiger partial charge in [0.05, 0.1) is 5.69 Å². The molecule has 0 unspecified atom stereocenters. The molecule has 0 aromatic carbocycles. The first kappa shape index (κ1) is 16.3. The SMILES string of the molecule is CCCNCc1cccc(CCN)n1.c1ccncc1. The zero-order valence-corrected chi connectivity index (χ0v) is 12.1. The molecule has 20 heavy (non-hydrogen) atoms. The zero-order chi connectivity index (χ0) is 14.5. The largest absolute Gasteiger partial charge is 0.330 e. The normalized spacial score (nSPS) is 9.70. The number of rotatable bonds is 6. The second-order valence-electron chi connectivity index (χ2n) is 4.36. The molecule has 0 radical (unpaired) electrons. The van der Waals surface area contributed by atoms with Crippen molar-refractivity contribution in [1.82, 2.24) is 15.3 Å². The van der Waals surface area contributed by atoms with Crippen LogP contribution in [-0.4, -0.2) is 23.1 Å². The summed E-state index contributed by atoms with van der Waals surface area (Å²) in [4.78, 5) is 8.28. The van der Waals surface area contributed by atoms with Crippen molar-refractivity contribution >= 4 is 0 Å². The molecule has 0 atom stereocenters. The Morgan fingerprint density at radius 1 is 1.05 bits per heavy atom. The lowest BCUT2D eigenvalue weighted by Crippen LogP contribution is -2.15. The van der Waals surface area contributed by atoms with Gasteiger partial charge in [-0.25, -0.2) is 0 Å². The van der Waals surface area contributed by atoms with Crippen LogP contribution in [0.1, 0.15) is 24.7 Å². The number of aromatic nitrogens is 2. The summed E-state index contributed by atoms with van der Waals surface area (Å²) in [7, 11) is 0. The van der Waals surface area contributed by atoms with E-state index in [1.54, 1.807) is 12.4 Å². The number of pyridine rings is 2. The van der Waals surface area contributed by atoms with Crippen molar-refractivity contribution < 1.29 is 0 Å². The summed E-state index contributed by atoms with van der Waals surface area (Å²) in [6.45, 7) is 4.72. The Balaban J connectivity index is 0.000000276. The maximum Gasteiger partial charge on any atom is 0.0544 e. The van der Waals surface area contributed by atoms with Crippen molar-refractivity contribution in [3.8, 4) is 0 Å². The van der Waals surface area contributed by atoms with E-state index >= 15 is 0 Å². The second-order valence-corrected chi connectivity index (χ2v) is 4.36. The van der Waals surface area contributed by atoms with E-state index in [9.17, 15) is 0 Å². The summed E-state index contributed by atoms with van der Waals surface area (Å²) < 4.78 is 0. The van der Waals surface area contributed by atoms with Crippen LogP contribution in [0.4, 0.5) is 0 Å². The summed E-state index contributed by atoms with van der Waals surface area (Å²) in [5.41, 5.74) is 7.66. The van der Waals surface area contributed by atoms with Gasteiger partial charge in [-0.2, -0.15) is 0 Å². The van der Waals surface area contributed by atoms with E-state index in [4.69, 9.17) is 5.73 Å². The minimum Gasteiger partial charge on any atom is -0.330 e. The molecule has 108 valence electrons. The van der Waals surface area contributed by atoms with Crippen molar-refractivity contribution in [2.45, 2.75) is 26.3 Å². The van der Waals surface area contributed by atoms with E-state index < -0.39 is 0 Å². The van der Waals surface area contributed by atoms with Gasteiger partial charge in [0.2, 0.25) is 0 Å². The highest BCUT2D eigenvalue weighted by Gasteiger charge is 1.96. The van der Waals surface area contributed by atoms with E-state index in [0.717, 1.165) is 37.3 Å². The number of nitrogens with zero attached hydrogens (tertiary/aromatic N) is 2. The maximum absolute atomic E-state index is 5.48. The molecule has 0 aliphatic rings. The molecule has 0 saturated heterocycles. The second kappa shape index (κ2) is 11.1. The molecule has 0 spiro atoms. The van der Waals surface area contributed by atoms with Crippen LogP contribution in [0.15, 0.2) is 48.8 Å². The zero-order valence-electron chi connectivity index (χ0n) is 12.1. The average Bonchev–Trinajstić information content (AvgIpc) is 2.51. The Labute approximate surface area is 121 Å². The summed E-state index contributed by atoms with van der Waals surface area (Å²) in [5.74, 6) is 0. The molecular weight excluding hydrogens is 248 g/mol. The Morgan fingerprint density at radius 3 is 2.35 bits per heavy atom. The Bertz CT molecular complexity index is 419. The third kappa shape index (κ3) is 7.61. The Hall–Kier alpha value is -1.78. The summed E-state index contributed by atoms with van der Waals surface area (Å²) in [6, 6.07) is 11.8. The molecule has 4 nitrogen and oxygen atoms in total. The van der Waals surface area contributed by atoms with Gasteiger partial charge in [-0.05, 0) is 43.8 Å². The molecule has 0 bridgehead atoms. The van der Waals surface area contributed by atoms with Gasteiger partial charge in [0.1, 0.15) is 0 Å². The standard InChI is InChI=1S/C11H19N3.C5H5N/c1-2-8-13-9-11-5-3-4-10(14-11)6-7-12;1-2-4-6-5-3-1/h3-5,13H,2,6-9,12H2,1H3;1-5H. The van der Waals surface area contributed by atoms with Crippen LogP contribution in [0.5, 0.6) is 0 Å². The Kier molecular flexibility index (Phi) is 9.02. The lowest BCUT2D eigenvalue weighted by atomic mass is 10.2. The lowest BCUT2D eigenvalue weighted by molar-refractivity contribution is 0.661. The number of hydrogen-bond acceptors (Lipinski definition) is 4. The first-order valence-electron chi connectivity index (χ1n) is 7.07. The van der Waals surface area contributed by atoms with Crippen molar-refractivity contribution in [2.75, 3.05) is 13.1 Å². The van der Waals surface area contributed by atoms with Crippen LogP contribution < -0.4 is 11.1 Å². The highest BCUT2D eigenvalue weighted by atomic mass is 14.9. The van der Waals surface area contributed by atoms with Gasteiger partial charge < -0.3 is 11.1 Å². The molecule has 2 aromatic rings. The summed E-state index contributed by atoms with van der Waals surface area (Å²) in [5, 5.41) is 3.33. The minimum atomic E-state index is 0.666. The molecule has 0 aliphatic carbocycles. The quantitative estimate of drug-likeness (QED) is 0.791. The molecule has 0 saturated carbocycles. The highest BCUT2D eigenvalue weighted by Crippen LogP contribution is 1.99. The van der Waals surface area contributed by atoms with E-state index in [-0.39, 0.29) is 0 Å². The molecule has 0 amide bonds. The van der Waals surface area contributed by atoms with Crippen LogP contribution in [0.2, 0.25) is 0 Å². The van der Waals surface area contributed by atoms with Gasteiger partial charge in [0.25, 0.3) is 0 Å². The third-order valence-electron chi connectivity index (χ3n) is 2.56. The molecule has 2 heterocycles. The molecule has 4 heteroatoms.